The summed E-state index contributed by atoms with van der Waals surface area (Å²) < 4.78 is 31.7. The van der Waals surface area contributed by atoms with E-state index in [1.54, 1.807) is 25.1 Å². The molecule has 0 aliphatic rings. The predicted molar refractivity (Wildman–Crippen MR) is 145 cm³/mol. The first-order chi connectivity index (χ1) is 16.5. The van der Waals surface area contributed by atoms with Crippen molar-refractivity contribution < 1.29 is 22.7 Å². The fourth-order valence-electron chi connectivity index (χ4n) is 3.36. The van der Waals surface area contributed by atoms with E-state index in [0.29, 0.717) is 15.6 Å². The third kappa shape index (κ3) is 7.90. The number of anilines is 1. The van der Waals surface area contributed by atoms with Gasteiger partial charge in [0.05, 0.1) is 19.1 Å². The van der Waals surface area contributed by atoms with Crippen molar-refractivity contribution in [1.29, 1.82) is 0 Å². The number of nitrogens with one attached hydrogen (secondary N) is 1. The average Bonchev–Trinajstić information content (AvgIpc) is 2.74. The monoisotopic (exact) mass is 577 g/mol. The molecule has 12 heteroatoms. The van der Waals surface area contributed by atoms with Gasteiger partial charge in [-0.25, -0.2) is 8.42 Å². The lowest BCUT2D eigenvalue weighted by Gasteiger charge is -2.33. The maximum atomic E-state index is 13.7. The summed E-state index contributed by atoms with van der Waals surface area (Å²) in [4.78, 5) is 27.9. The topological polar surface area (TPSA) is 96.0 Å². The number of amides is 2. The van der Waals surface area contributed by atoms with Crippen molar-refractivity contribution in [3.63, 3.8) is 0 Å². The minimum atomic E-state index is -3.97. The van der Waals surface area contributed by atoms with Crippen LogP contribution in [0.25, 0.3) is 0 Å². The molecular weight excluding hydrogens is 549 g/mol. The van der Waals surface area contributed by atoms with Gasteiger partial charge in [0.2, 0.25) is 21.8 Å². The van der Waals surface area contributed by atoms with Crippen LogP contribution in [0.3, 0.4) is 0 Å². The summed E-state index contributed by atoms with van der Waals surface area (Å²) in [6.07, 6.45) is 0.964. The highest BCUT2D eigenvalue weighted by Crippen LogP contribution is 2.33. The van der Waals surface area contributed by atoms with E-state index in [2.05, 4.69) is 5.32 Å². The molecule has 1 N–H and O–H groups in total. The number of carbonyl (C=O) groups is 2. The van der Waals surface area contributed by atoms with E-state index < -0.39 is 40.0 Å². The molecule has 0 fully saturated rings. The Bertz CT molecular complexity index is 1210. The fourth-order valence-corrected chi connectivity index (χ4v) is 4.89. The molecule has 198 valence electrons. The Kier molecular flexibility index (Phi) is 9.92. The van der Waals surface area contributed by atoms with Crippen LogP contribution < -0.4 is 14.4 Å². The maximum absolute atomic E-state index is 13.7. The number of ether oxygens (including phenoxy) is 1. The van der Waals surface area contributed by atoms with Crippen molar-refractivity contribution in [1.82, 2.24) is 10.2 Å². The lowest BCUT2D eigenvalue weighted by atomic mass is 10.1. The van der Waals surface area contributed by atoms with Gasteiger partial charge in [0, 0.05) is 32.7 Å². The third-order valence-corrected chi connectivity index (χ3v) is 7.21. The lowest BCUT2D eigenvalue weighted by molar-refractivity contribution is -0.140. The highest BCUT2D eigenvalue weighted by atomic mass is 35.5. The summed E-state index contributed by atoms with van der Waals surface area (Å²) >= 11 is 18.8. The summed E-state index contributed by atoms with van der Waals surface area (Å²) in [6.45, 7) is 6.24. The first-order valence-electron chi connectivity index (χ1n) is 10.9. The largest absolute Gasteiger partial charge is 0.495 e. The van der Waals surface area contributed by atoms with E-state index in [1.165, 1.54) is 30.2 Å². The molecule has 0 spiro atoms. The van der Waals surface area contributed by atoms with E-state index >= 15 is 0 Å². The van der Waals surface area contributed by atoms with Gasteiger partial charge >= 0.3 is 0 Å². The van der Waals surface area contributed by atoms with Crippen LogP contribution in [-0.4, -0.2) is 56.6 Å². The molecule has 2 rings (SSSR count). The average molecular weight is 579 g/mol. The normalized spacial score (nSPS) is 12.6. The Balaban J connectivity index is 2.54. The van der Waals surface area contributed by atoms with Crippen LogP contribution in [0.1, 0.15) is 33.3 Å². The highest BCUT2D eigenvalue weighted by Gasteiger charge is 2.33. The van der Waals surface area contributed by atoms with Crippen molar-refractivity contribution in [3.05, 3.63) is 57.0 Å². The number of benzene rings is 2. The Labute approximate surface area is 227 Å². The summed E-state index contributed by atoms with van der Waals surface area (Å²) in [5.41, 5.74) is -0.0473. The van der Waals surface area contributed by atoms with E-state index in [9.17, 15) is 18.0 Å². The number of nitrogens with zero attached hydrogens (tertiary/aromatic N) is 2. The first-order valence-corrected chi connectivity index (χ1v) is 13.9. The number of sulfonamides is 1. The van der Waals surface area contributed by atoms with Gasteiger partial charge in [0.15, 0.2) is 0 Å². The Hall–Kier alpha value is -2.20. The molecule has 0 aliphatic heterocycles. The second-order valence-electron chi connectivity index (χ2n) is 9.22. The van der Waals surface area contributed by atoms with Crippen molar-refractivity contribution >= 4 is 62.3 Å². The highest BCUT2D eigenvalue weighted by molar-refractivity contribution is 7.92. The summed E-state index contributed by atoms with van der Waals surface area (Å²) in [5.74, 6) is -0.878. The molecule has 1 atom stereocenters. The second-order valence-corrected chi connectivity index (χ2v) is 12.4. The SMILES string of the molecule is COc1ccc(Cl)cc1N(CC(=O)N(Cc1c(Cl)cccc1Cl)[C@@H](C)C(=O)NC(C)(C)C)S(C)(=O)=O. The maximum Gasteiger partial charge on any atom is 0.244 e. The van der Waals surface area contributed by atoms with Gasteiger partial charge in [-0.1, -0.05) is 40.9 Å². The molecular formula is C24H30Cl3N3O5S. The third-order valence-electron chi connectivity index (χ3n) is 5.14. The minimum absolute atomic E-state index is 0.0865. The Morgan fingerprint density at radius 3 is 2.17 bits per heavy atom. The summed E-state index contributed by atoms with van der Waals surface area (Å²) in [5, 5.41) is 3.71. The van der Waals surface area contributed by atoms with Crippen LogP contribution in [0.15, 0.2) is 36.4 Å². The minimum Gasteiger partial charge on any atom is -0.495 e. The fraction of sp³-hybridized carbons (Fsp3) is 0.417. The number of methoxy groups -OCH3 is 1. The smallest absolute Gasteiger partial charge is 0.244 e. The van der Waals surface area contributed by atoms with E-state index in [1.807, 2.05) is 20.8 Å². The molecule has 2 amide bonds. The van der Waals surface area contributed by atoms with Gasteiger partial charge in [-0.2, -0.15) is 0 Å². The molecule has 0 heterocycles. The van der Waals surface area contributed by atoms with Crippen LogP contribution in [0.4, 0.5) is 5.69 Å². The van der Waals surface area contributed by atoms with E-state index in [-0.39, 0.29) is 23.0 Å². The number of rotatable bonds is 9. The molecule has 2 aromatic rings. The molecule has 2 aromatic carbocycles. The molecule has 0 unspecified atom stereocenters. The molecule has 0 aliphatic carbocycles. The van der Waals surface area contributed by atoms with Gasteiger partial charge in [-0.15, -0.1) is 0 Å². The summed E-state index contributed by atoms with van der Waals surface area (Å²) in [7, 11) is -2.59. The second kappa shape index (κ2) is 11.9. The standard InChI is InChI=1S/C24H30Cl3N3O5S/c1-15(23(32)28-24(2,3)4)29(13-17-18(26)8-7-9-19(17)27)22(31)14-30(36(6,33)34)20-12-16(25)10-11-21(20)35-5/h7-12,15H,13-14H2,1-6H3,(H,28,32)/t15-/m0/s1. The summed E-state index contributed by atoms with van der Waals surface area (Å²) in [6, 6.07) is 8.34. The lowest BCUT2D eigenvalue weighted by Crippen LogP contribution is -2.54. The number of carbonyl (C=O) groups excluding carboxylic acids is 2. The van der Waals surface area contributed by atoms with Crippen LogP contribution in [0.5, 0.6) is 5.75 Å². The molecule has 0 saturated carbocycles. The number of hydrogen-bond donors (Lipinski definition) is 1. The predicted octanol–water partition coefficient (Wildman–Crippen LogP) is 4.75. The van der Waals surface area contributed by atoms with E-state index in [0.717, 1.165) is 10.6 Å². The Morgan fingerprint density at radius 1 is 1.08 bits per heavy atom. The Morgan fingerprint density at radius 2 is 1.67 bits per heavy atom. The van der Waals surface area contributed by atoms with Crippen molar-refractivity contribution in [2.24, 2.45) is 0 Å². The zero-order valence-corrected chi connectivity index (χ0v) is 24.0. The van der Waals surface area contributed by atoms with Crippen molar-refractivity contribution in [3.8, 4) is 5.75 Å². The van der Waals surface area contributed by atoms with Gasteiger partial charge in [-0.3, -0.25) is 13.9 Å². The zero-order valence-electron chi connectivity index (χ0n) is 20.9. The molecule has 0 radical (unpaired) electrons. The molecule has 0 saturated heterocycles. The first kappa shape index (κ1) is 30.0. The van der Waals surface area contributed by atoms with Crippen LogP contribution in [-0.2, 0) is 26.2 Å². The molecule has 8 nitrogen and oxygen atoms in total. The molecule has 0 aromatic heterocycles. The zero-order chi connectivity index (χ0) is 27.4. The quantitative estimate of drug-likeness (QED) is 0.463. The van der Waals surface area contributed by atoms with Crippen LogP contribution in [0.2, 0.25) is 15.1 Å². The number of hydrogen-bond acceptors (Lipinski definition) is 5. The van der Waals surface area contributed by atoms with Crippen molar-refractivity contribution in [2.45, 2.75) is 45.8 Å². The van der Waals surface area contributed by atoms with Gasteiger partial charge in [0.25, 0.3) is 0 Å². The van der Waals surface area contributed by atoms with Gasteiger partial charge < -0.3 is 15.0 Å². The van der Waals surface area contributed by atoms with Crippen LogP contribution in [0, 0.1) is 0 Å². The van der Waals surface area contributed by atoms with E-state index in [4.69, 9.17) is 39.5 Å². The van der Waals surface area contributed by atoms with Gasteiger partial charge in [-0.05, 0) is 58.0 Å². The van der Waals surface area contributed by atoms with Crippen LogP contribution >= 0.6 is 34.8 Å². The molecule has 36 heavy (non-hydrogen) atoms. The number of halogens is 3. The van der Waals surface area contributed by atoms with Gasteiger partial charge in [0.1, 0.15) is 18.3 Å². The molecule has 0 bridgehead atoms. The van der Waals surface area contributed by atoms with Crippen molar-refractivity contribution in [2.75, 3.05) is 24.2 Å².